The number of aryl methyl sites for hydroxylation is 1. The van der Waals surface area contributed by atoms with E-state index >= 15 is 0 Å². The first-order valence-corrected chi connectivity index (χ1v) is 7.54. The summed E-state index contributed by atoms with van der Waals surface area (Å²) in [5.74, 6) is 0. The zero-order chi connectivity index (χ0) is 11.6. The average molecular weight is 237 g/mol. The molecule has 1 aromatic rings. The van der Waals surface area contributed by atoms with Crippen LogP contribution in [0.1, 0.15) is 25.8 Å². The van der Waals surface area contributed by atoms with E-state index in [2.05, 4.69) is 30.3 Å². The molecule has 0 aliphatic heterocycles. The second-order valence-electron chi connectivity index (χ2n) is 3.58. The van der Waals surface area contributed by atoms with Crippen LogP contribution in [0.25, 0.3) is 0 Å². The van der Waals surface area contributed by atoms with Crippen molar-refractivity contribution in [3.05, 3.63) is 35.9 Å². The molecule has 1 rings (SSSR count). The summed E-state index contributed by atoms with van der Waals surface area (Å²) in [4.78, 5) is 0. The first-order chi connectivity index (χ1) is 7.86. The first-order valence-electron chi connectivity index (χ1n) is 6.02. The molecule has 0 aliphatic rings. The standard InChI is InChI=1S/C13H21O2Si/c1-3-14-16(15-4-2)12-8-11-13-9-6-5-7-10-13/h5-7,9-10H,3-4,8,11-12H2,1-2H3. The Morgan fingerprint density at radius 2 is 1.62 bits per heavy atom. The fourth-order valence-electron chi connectivity index (χ4n) is 1.59. The molecule has 0 unspecified atom stereocenters. The summed E-state index contributed by atoms with van der Waals surface area (Å²) >= 11 is 0. The van der Waals surface area contributed by atoms with Crippen molar-refractivity contribution in [3.8, 4) is 0 Å². The van der Waals surface area contributed by atoms with Gasteiger partial charge in [-0.1, -0.05) is 30.3 Å². The normalized spacial score (nSPS) is 10.9. The zero-order valence-corrected chi connectivity index (χ0v) is 11.2. The second-order valence-corrected chi connectivity index (χ2v) is 5.40. The Hall–Kier alpha value is -0.643. The Morgan fingerprint density at radius 1 is 1.00 bits per heavy atom. The monoisotopic (exact) mass is 237 g/mol. The minimum atomic E-state index is -1.02. The van der Waals surface area contributed by atoms with Gasteiger partial charge in [0.05, 0.1) is 0 Å². The Balaban J connectivity index is 2.22. The molecular formula is C13H21O2Si. The van der Waals surface area contributed by atoms with Crippen LogP contribution in [-0.2, 0) is 15.3 Å². The van der Waals surface area contributed by atoms with Gasteiger partial charge >= 0.3 is 9.28 Å². The zero-order valence-electron chi connectivity index (χ0n) is 10.2. The van der Waals surface area contributed by atoms with Crippen molar-refractivity contribution in [1.29, 1.82) is 0 Å². The minimum Gasteiger partial charge on any atom is -0.394 e. The number of hydrogen-bond donors (Lipinski definition) is 0. The van der Waals surface area contributed by atoms with Crippen LogP contribution in [0.3, 0.4) is 0 Å². The Bertz CT molecular complexity index is 258. The maximum atomic E-state index is 5.60. The molecule has 0 saturated carbocycles. The van der Waals surface area contributed by atoms with E-state index < -0.39 is 9.28 Å². The van der Waals surface area contributed by atoms with Gasteiger partial charge in [-0.3, -0.25) is 0 Å². The average Bonchev–Trinajstić information content (AvgIpc) is 2.31. The molecule has 0 heterocycles. The lowest BCUT2D eigenvalue weighted by Gasteiger charge is -2.12. The highest BCUT2D eigenvalue weighted by Crippen LogP contribution is 2.08. The maximum absolute atomic E-state index is 5.60. The van der Waals surface area contributed by atoms with Gasteiger partial charge in [0, 0.05) is 13.2 Å². The molecule has 1 aromatic carbocycles. The smallest absolute Gasteiger partial charge is 0.384 e. The van der Waals surface area contributed by atoms with E-state index in [1.54, 1.807) is 0 Å². The van der Waals surface area contributed by atoms with Crippen LogP contribution in [0.15, 0.2) is 30.3 Å². The van der Waals surface area contributed by atoms with Crippen LogP contribution < -0.4 is 0 Å². The predicted octanol–water partition coefficient (Wildman–Crippen LogP) is 3.18. The van der Waals surface area contributed by atoms with Gasteiger partial charge in [0.25, 0.3) is 0 Å². The molecule has 0 fully saturated rings. The molecule has 0 amide bonds. The topological polar surface area (TPSA) is 18.5 Å². The highest BCUT2D eigenvalue weighted by Gasteiger charge is 2.13. The van der Waals surface area contributed by atoms with Crippen molar-refractivity contribution in [2.75, 3.05) is 13.2 Å². The van der Waals surface area contributed by atoms with Crippen LogP contribution in [0, 0.1) is 0 Å². The molecule has 0 spiro atoms. The molecule has 0 N–H and O–H groups in total. The Labute approximate surface area is 100 Å². The summed E-state index contributed by atoms with van der Waals surface area (Å²) < 4.78 is 11.2. The molecule has 0 bridgehead atoms. The molecule has 0 saturated heterocycles. The fraction of sp³-hybridized carbons (Fsp3) is 0.538. The van der Waals surface area contributed by atoms with Crippen molar-refractivity contribution in [1.82, 2.24) is 0 Å². The molecule has 16 heavy (non-hydrogen) atoms. The van der Waals surface area contributed by atoms with Crippen LogP contribution in [0.2, 0.25) is 6.04 Å². The molecular weight excluding hydrogens is 216 g/mol. The third-order valence-electron chi connectivity index (χ3n) is 2.30. The largest absolute Gasteiger partial charge is 0.394 e. The fourth-order valence-corrected chi connectivity index (χ4v) is 3.07. The van der Waals surface area contributed by atoms with Crippen LogP contribution in [0.4, 0.5) is 0 Å². The van der Waals surface area contributed by atoms with Crippen molar-refractivity contribution in [2.45, 2.75) is 32.7 Å². The van der Waals surface area contributed by atoms with E-state index in [9.17, 15) is 0 Å². The van der Waals surface area contributed by atoms with Crippen molar-refractivity contribution in [3.63, 3.8) is 0 Å². The van der Waals surface area contributed by atoms with Gasteiger partial charge in [-0.05, 0) is 38.3 Å². The van der Waals surface area contributed by atoms with Gasteiger partial charge in [0.1, 0.15) is 0 Å². The predicted molar refractivity (Wildman–Crippen MR) is 68.6 cm³/mol. The first kappa shape index (κ1) is 13.4. The lowest BCUT2D eigenvalue weighted by molar-refractivity contribution is 0.213. The van der Waals surface area contributed by atoms with E-state index in [1.165, 1.54) is 5.56 Å². The summed E-state index contributed by atoms with van der Waals surface area (Å²) in [5, 5.41) is 0. The van der Waals surface area contributed by atoms with Crippen LogP contribution in [0.5, 0.6) is 0 Å². The van der Waals surface area contributed by atoms with Crippen molar-refractivity contribution < 1.29 is 8.85 Å². The quantitative estimate of drug-likeness (QED) is 0.647. The lowest BCUT2D eigenvalue weighted by atomic mass is 10.1. The maximum Gasteiger partial charge on any atom is 0.384 e. The third kappa shape index (κ3) is 5.44. The molecule has 0 aromatic heterocycles. The lowest BCUT2D eigenvalue weighted by Crippen LogP contribution is -2.22. The van der Waals surface area contributed by atoms with E-state index in [0.29, 0.717) is 0 Å². The minimum absolute atomic E-state index is 0.764. The number of hydrogen-bond acceptors (Lipinski definition) is 2. The molecule has 0 atom stereocenters. The van der Waals surface area contributed by atoms with E-state index in [1.807, 2.05) is 13.8 Å². The molecule has 1 radical (unpaired) electrons. The molecule has 2 nitrogen and oxygen atoms in total. The van der Waals surface area contributed by atoms with Crippen molar-refractivity contribution >= 4 is 9.28 Å². The van der Waals surface area contributed by atoms with Crippen LogP contribution in [-0.4, -0.2) is 22.5 Å². The number of benzene rings is 1. The van der Waals surface area contributed by atoms with Gasteiger partial charge in [-0.15, -0.1) is 0 Å². The summed E-state index contributed by atoms with van der Waals surface area (Å²) in [6, 6.07) is 11.7. The SMILES string of the molecule is CCO[Si](CCCc1ccccc1)OCC. The molecule has 3 heteroatoms. The summed E-state index contributed by atoms with van der Waals surface area (Å²) in [6.45, 7) is 5.58. The second kappa shape index (κ2) is 8.50. The summed E-state index contributed by atoms with van der Waals surface area (Å²) in [7, 11) is -1.02. The summed E-state index contributed by atoms with van der Waals surface area (Å²) in [6.07, 6.45) is 2.27. The Morgan fingerprint density at radius 3 is 2.19 bits per heavy atom. The van der Waals surface area contributed by atoms with Gasteiger partial charge in [0.15, 0.2) is 0 Å². The third-order valence-corrected chi connectivity index (χ3v) is 4.28. The van der Waals surface area contributed by atoms with E-state index in [-0.39, 0.29) is 0 Å². The van der Waals surface area contributed by atoms with Crippen LogP contribution >= 0.6 is 0 Å². The molecule has 89 valence electrons. The summed E-state index contributed by atoms with van der Waals surface area (Å²) in [5.41, 5.74) is 1.40. The van der Waals surface area contributed by atoms with E-state index in [0.717, 1.165) is 32.1 Å². The van der Waals surface area contributed by atoms with Gasteiger partial charge in [0.2, 0.25) is 0 Å². The van der Waals surface area contributed by atoms with Gasteiger partial charge in [-0.25, -0.2) is 0 Å². The van der Waals surface area contributed by atoms with E-state index in [4.69, 9.17) is 8.85 Å². The highest BCUT2D eigenvalue weighted by molar-refractivity contribution is 6.44. The number of rotatable bonds is 8. The van der Waals surface area contributed by atoms with Gasteiger partial charge < -0.3 is 8.85 Å². The van der Waals surface area contributed by atoms with Crippen molar-refractivity contribution in [2.24, 2.45) is 0 Å². The van der Waals surface area contributed by atoms with Gasteiger partial charge in [-0.2, -0.15) is 0 Å². The highest BCUT2D eigenvalue weighted by atomic mass is 28.3. The Kier molecular flexibility index (Phi) is 7.13. The molecule has 0 aliphatic carbocycles.